The quantitative estimate of drug-likeness (QED) is 0.736. The summed E-state index contributed by atoms with van der Waals surface area (Å²) in [5, 5.41) is 0. The van der Waals surface area contributed by atoms with E-state index in [1.807, 2.05) is 30.3 Å². The molecular formula is C18H28O2. The molecule has 20 heavy (non-hydrogen) atoms. The van der Waals surface area contributed by atoms with Crippen LogP contribution in [0, 0.1) is 10.8 Å². The van der Waals surface area contributed by atoms with Gasteiger partial charge in [0.25, 0.3) is 0 Å². The van der Waals surface area contributed by atoms with Crippen LogP contribution in [0.1, 0.15) is 53.5 Å². The zero-order chi connectivity index (χ0) is 15.4. The first-order valence-electron chi connectivity index (χ1n) is 7.24. The lowest BCUT2D eigenvalue weighted by atomic mass is 9.78. The third kappa shape index (κ3) is 5.09. The molecule has 1 aromatic rings. The summed E-state index contributed by atoms with van der Waals surface area (Å²) in [5.41, 5.74) is 0.122. The minimum atomic E-state index is -0.854. The van der Waals surface area contributed by atoms with E-state index in [0.29, 0.717) is 13.0 Å². The minimum Gasteiger partial charge on any atom is -0.362 e. The van der Waals surface area contributed by atoms with Gasteiger partial charge in [-0.2, -0.15) is 0 Å². The Morgan fingerprint density at radius 1 is 0.950 bits per heavy atom. The van der Waals surface area contributed by atoms with Gasteiger partial charge in [-0.15, -0.1) is 0 Å². The Balaban J connectivity index is 3.13. The fourth-order valence-electron chi connectivity index (χ4n) is 2.23. The summed E-state index contributed by atoms with van der Waals surface area (Å²) in [5.74, 6) is 0. The largest absolute Gasteiger partial charge is 0.362 e. The molecule has 0 bridgehead atoms. The number of carbonyl (C=O) groups excluding carboxylic acids is 1. The summed E-state index contributed by atoms with van der Waals surface area (Å²) in [6.07, 6.45) is 1.64. The van der Waals surface area contributed by atoms with Crippen molar-refractivity contribution in [2.24, 2.45) is 10.8 Å². The Bertz CT molecular complexity index is 423. The lowest BCUT2D eigenvalue weighted by Gasteiger charge is -2.36. The summed E-state index contributed by atoms with van der Waals surface area (Å²) in [6.45, 7) is 13.3. The molecule has 2 nitrogen and oxygen atoms in total. The molecule has 0 aromatic heterocycles. The van der Waals surface area contributed by atoms with E-state index in [2.05, 4.69) is 41.5 Å². The normalized spacial score (nSPS) is 15.7. The van der Waals surface area contributed by atoms with Crippen LogP contribution in [0.5, 0.6) is 0 Å². The summed E-state index contributed by atoms with van der Waals surface area (Å²) < 4.78 is 6.14. The number of carbonyl (C=O) groups is 1. The van der Waals surface area contributed by atoms with E-state index in [-0.39, 0.29) is 10.8 Å². The van der Waals surface area contributed by atoms with Crippen molar-refractivity contribution in [3.05, 3.63) is 35.9 Å². The second kappa shape index (κ2) is 6.09. The standard InChI is InChI=1S/C18H28O2/c1-16(2,3)12-18(13-19,20-14-17(4,5)6)15-10-8-7-9-11-15/h7-11,13H,12,14H2,1-6H3. The predicted molar refractivity (Wildman–Crippen MR) is 83.7 cm³/mol. The zero-order valence-electron chi connectivity index (χ0n) is 13.7. The number of aldehydes is 1. The molecule has 1 aromatic carbocycles. The lowest BCUT2D eigenvalue weighted by Crippen LogP contribution is -2.38. The van der Waals surface area contributed by atoms with E-state index in [1.165, 1.54) is 0 Å². The third-order valence-electron chi connectivity index (χ3n) is 3.01. The van der Waals surface area contributed by atoms with Gasteiger partial charge < -0.3 is 4.74 Å². The second-order valence-electron chi connectivity index (χ2n) is 7.96. The van der Waals surface area contributed by atoms with Gasteiger partial charge in [0.1, 0.15) is 5.60 Å². The van der Waals surface area contributed by atoms with Crippen molar-refractivity contribution < 1.29 is 9.53 Å². The van der Waals surface area contributed by atoms with Gasteiger partial charge >= 0.3 is 0 Å². The van der Waals surface area contributed by atoms with Gasteiger partial charge in [-0.25, -0.2) is 0 Å². The predicted octanol–water partition coefficient (Wildman–Crippen LogP) is 4.58. The van der Waals surface area contributed by atoms with E-state index in [9.17, 15) is 4.79 Å². The maximum absolute atomic E-state index is 11.9. The first-order valence-corrected chi connectivity index (χ1v) is 7.24. The van der Waals surface area contributed by atoms with Crippen molar-refractivity contribution in [1.29, 1.82) is 0 Å². The van der Waals surface area contributed by atoms with Crippen LogP contribution < -0.4 is 0 Å². The maximum Gasteiger partial charge on any atom is 0.156 e. The fourth-order valence-corrected chi connectivity index (χ4v) is 2.23. The van der Waals surface area contributed by atoms with Crippen molar-refractivity contribution in [2.45, 2.75) is 53.6 Å². The van der Waals surface area contributed by atoms with E-state index in [1.54, 1.807) is 0 Å². The number of ether oxygens (including phenoxy) is 1. The summed E-state index contributed by atoms with van der Waals surface area (Å²) in [4.78, 5) is 11.9. The molecule has 0 aliphatic heterocycles. The SMILES string of the molecule is CC(C)(C)COC(C=O)(CC(C)(C)C)c1ccccc1. The van der Waals surface area contributed by atoms with Crippen molar-refractivity contribution in [2.75, 3.05) is 6.61 Å². The molecule has 1 rings (SSSR count). The number of hydrogen-bond donors (Lipinski definition) is 0. The van der Waals surface area contributed by atoms with E-state index < -0.39 is 5.60 Å². The average molecular weight is 276 g/mol. The molecule has 0 aliphatic carbocycles. The minimum absolute atomic E-state index is 0.00857. The van der Waals surface area contributed by atoms with Crippen molar-refractivity contribution >= 4 is 6.29 Å². The summed E-state index contributed by atoms with van der Waals surface area (Å²) >= 11 is 0. The van der Waals surface area contributed by atoms with Crippen LogP contribution in [0.4, 0.5) is 0 Å². The molecule has 112 valence electrons. The first-order chi connectivity index (χ1) is 9.08. The lowest BCUT2D eigenvalue weighted by molar-refractivity contribution is -0.143. The van der Waals surface area contributed by atoms with Gasteiger partial charge in [0, 0.05) is 0 Å². The first kappa shape index (κ1) is 16.9. The van der Waals surface area contributed by atoms with Crippen LogP contribution >= 0.6 is 0 Å². The molecule has 0 spiro atoms. The van der Waals surface area contributed by atoms with Gasteiger partial charge in [0.05, 0.1) is 6.61 Å². The highest BCUT2D eigenvalue weighted by Crippen LogP contribution is 2.37. The van der Waals surface area contributed by atoms with Gasteiger partial charge in [0.2, 0.25) is 0 Å². The van der Waals surface area contributed by atoms with Crippen LogP contribution in [-0.2, 0) is 15.1 Å². The molecule has 2 heteroatoms. The Kier molecular flexibility index (Phi) is 5.15. The Morgan fingerprint density at radius 2 is 1.50 bits per heavy atom. The molecule has 1 atom stereocenters. The van der Waals surface area contributed by atoms with Crippen molar-refractivity contribution in [3.63, 3.8) is 0 Å². The van der Waals surface area contributed by atoms with Crippen molar-refractivity contribution in [3.8, 4) is 0 Å². The van der Waals surface area contributed by atoms with E-state index in [0.717, 1.165) is 11.8 Å². The molecule has 0 saturated carbocycles. The highest BCUT2D eigenvalue weighted by Gasteiger charge is 2.38. The van der Waals surface area contributed by atoms with Crippen LogP contribution in [0.25, 0.3) is 0 Å². The Hall–Kier alpha value is -1.15. The zero-order valence-corrected chi connectivity index (χ0v) is 13.7. The van der Waals surface area contributed by atoms with Gasteiger partial charge in [-0.3, -0.25) is 4.79 Å². The molecule has 0 radical (unpaired) electrons. The third-order valence-corrected chi connectivity index (χ3v) is 3.01. The molecular weight excluding hydrogens is 248 g/mol. The van der Waals surface area contributed by atoms with Crippen LogP contribution in [0.15, 0.2) is 30.3 Å². The molecule has 0 N–H and O–H groups in total. The van der Waals surface area contributed by atoms with Crippen molar-refractivity contribution in [1.82, 2.24) is 0 Å². The monoisotopic (exact) mass is 276 g/mol. The van der Waals surface area contributed by atoms with E-state index in [4.69, 9.17) is 4.74 Å². The number of rotatable bonds is 5. The number of hydrogen-bond acceptors (Lipinski definition) is 2. The van der Waals surface area contributed by atoms with Gasteiger partial charge in [-0.05, 0) is 22.8 Å². The van der Waals surface area contributed by atoms with Gasteiger partial charge in [-0.1, -0.05) is 71.9 Å². The van der Waals surface area contributed by atoms with Crippen LogP contribution in [0.2, 0.25) is 0 Å². The number of benzene rings is 1. The highest BCUT2D eigenvalue weighted by atomic mass is 16.5. The molecule has 0 saturated heterocycles. The fraction of sp³-hybridized carbons (Fsp3) is 0.611. The second-order valence-corrected chi connectivity index (χ2v) is 7.96. The van der Waals surface area contributed by atoms with Gasteiger partial charge in [0.15, 0.2) is 6.29 Å². The highest BCUT2D eigenvalue weighted by molar-refractivity contribution is 5.66. The summed E-state index contributed by atoms with van der Waals surface area (Å²) in [7, 11) is 0. The topological polar surface area (TPSA) is 26.3 Å². The van der Waals surface area contributed by atoms with Crippen LogP contribution in [0.3, 0.4) is 0 Å². The molecule has 0 fully saturated rings. The molecule has 0 heterocycles. The maximum atomic E-state index is 11.9. The Morgan fingerprint density at radius 3 is 1.90 bits per heavy atom. The average Bonchev–Trinajstić information content (AvgIpc) is 2.33. The van der Waals surface area contributed by atoms with Crippen LogP contribution in [-0.4, -0.2) is 12.9 Å². The van der Waals surface area contributed by atoms with E-state index >= 15 is 0 Å². The summed E-state index contributed by atoms with van der Waals surface area (Å²) in [6, 6.07) is 9.82. The molecule has 0 aliphatic rings. The smallest absolute Gasteiger partial charge is 0.156 e. The Labute approximate surface area is 123 Å². The molecule has 0 amide bonds. The molecule has 1 unspecified atom stereocenters.